The highest BCUT2D eigenvalue weighted by molar-refractivity contribution is 5.69. The number of benzene rings is 1. The number of ether oxygens (including phenoxy) is 1. The first-order valence-electron chi connectivity index (χ1n) is 5.39. The third-order valence-corrected chi connectivity index (χ3v) is 2.28. The van der Waals surface area contributed by atoms with Gasteiger partial charge in [0.2, 0.25) is 0 Å². The molecule has 0 heterocycles. The highest BCUT2D eigenvalue weighted by Crippen LogP contribution is 2.25. The highest BCUT2D eigenvalue weighted by Gasteiger charge is 2.19. The summed E-state index contributed by atoms with van der Waals surface area (Å²) in [5.41, 5.74) is 1.06. The maximum Gasteiger partial charge on any atom is 0.306 e. The first-order chi connectivity index (χ1) is 7.15. The van der Waals surface area contributed by atoms with Crippen LogP contribution in [0.25, 0.3) is 0 Å². The summed E-state index contributed by atoms with van der Waals surface area (Å²) in [5, 5.41) is 0. The highest BCUT2D eigenvalue weighted by atomic mass is 16.5. The van der Waals surface area contributed by atoms with Gasteiger partial charge in [-0.2, -0.15) is 0 Å². The van der Waals surface area contributed by atoms with Crippen LogP contribution in [0.2, 0.25) is 0 Å². The lowest BCUT2D eigenvalue weighted by Crippen LogP contribution is -2.15. The summed E-state index contributed by atoms with van der Waals surface area (Å²) in [6.45, 7) is 5.92. The van der Waals surface area contributed by atoms with Crippen molar-refractivity contribution in [3.05, 3.63) is 35.9 Å². The fraction of sp³-hybridized carbons (Fsp3) is 0.462. The Labute approximate surface area is 91.3 Å². The molecule has 0 saturated heterocycles. The van der Waals surface area contributed by atoms with Crippen molar-refractivity contribution >= 4 is 5.97 Å². The average molecular weight is 206 g/mol. The van der Waals surface area contributed by atoms with Crippen LogP contribution in [0.3, 0.4) is 0 Å². The topological polar surface area (TPSA) is 26.3 Å². The van der Waals surface area contributed by atoms with Gasteiger partial charge in [0.15, 0.2) is 0 Å². The molecular weight excluding hydrogens is 188 g/mol. The van der Waals surface area contributed by atoms with Gasteiger partial charge >= 0.3 is 5.97 Å². The van der Waals surface area contributed by atoms with Gasteiger partial charge in [0.05, 0.1) is 0 Å². The molecule has 0 spiro atoms. The molecule has 0 N–H and O–H groups in total. The Morgan fingerprint density at radius 2 is 1.87 bits per heavy atom. The van der Waals surface area contributed by atoms with E-state index in [4.69, 9.17) is 4.74 Å². The lowest BCUT2D eigenvalue weighted by molar-refractivity contribution is -0.151. The second kappa shape index (κ2) is 5.54. The van der Waals surface area contributed by atoms with Crippen LogP contribution in [0.1, 0.15) is 38.9 Å². The van der Waals surface area contributed by atoms with Crippen LogP contribution in [-0.4, -0.2) is 5.97 Å². The fourth-order valence-electron chi connectivity index (χ4n) is 1.46. The van der Waals surface area contributed by atoms with E-state index in [-0.39, 0.29) is 12.1 Å². The normalized spacial score (nSPS) is 12.5. The minimum atomic E-state index is -0.141. The smallest absolute Gasteiger partial charge is 0.306 e. The van der Waals surface area contributed by atoms with Crippen molar-refractivity contribution in [2.24, 2.45) is 5.92 Å². The van der Waals surface area contributed by atoms with Crippen LogP contribution in [0.4, 0.5) is 0 Å². The molecule has 0 aromatic heterocycles. The quantitative estimate of drug-likeness (QED) is 0.706. The van der Waals surface area contributed by atoms with Crippen LogP contribution >= 0.6 is 0 Å². The molecule has 1 rings (SSSR count). The zero-order chi connectivity index (χ0) is 11.3. The van der Waals surface area contributed by atoms with Crippen LogP contribution in [0.15, 0.2) is 30.3 Å². The van der Waals surface area contributed by atoms with Crippen LogP contribution < -0.4 is 0 Å². The van der Waals surface area contributed by atoms with Gasteiger partial charge in [0, 0.05) is 6.42 Å². The number of carbonyl (C=O) groups excluding carboxylic acids is 1. The molecule has 0 amide bonds. The minimum absolute atomic E-state index is 0.126. The lowest BCUT2D eigenvalue weighted by Gasteiger charge is -2.21. The molecule has 82 valence electrons. The molecule has 2 heteroatoms. The van der Waals surface area contributed by atoms with Gasteiger partial charge in [-0.3, -0.25) is 4.79 Å². The molecule has 0 aliphatic rings. The number of hydrogen-bond donors (Lipinski definition) is 0. The predicted octanol–water partition coefficient (Wildman–Crippen LogP) is 3.34. The van der Waals surface area contributed by atoms with Gasteiger partial charge in [0.25, 0.3) is 0 Å². The minimum Gasteiger partial charge on any atom is -0.457 e. The Kier molecular flexibility index (Phi) is 4.35. The van der Waals surface area contributed by atoms with E-state index in [1.807, 2.05) is 37.3 Å². The first kappa shape index (κ1) is 11.8. The summed E-state index contributed by atoms with van der Waals surface area (Å²) in [4.78, 5) is 11.3. The molecule has 1 atom stereocenters. The van der Waals surface area contributed by atoms with E-state index in [9.17, 15) is 4.79 Å². The average Bonchev–Trinajstić information content (AvgIpc) is 2.26. The maximum absolute atomic E-state index is 11.3. The Morgan fingerprint density at radius 3 is 2.33 bits per heavy atom. The van der Waals surface area contributed by atoms with Crippen molar-refractivity contribution in [3.8, 4) is 0 Å². The van der Waals surface area contributed by atoms with E-state index in [0.717, 1.165) is 5.56 Å². The molecule has 0 aliphatic heterocycles. The van der Waals surface area contributed by atoms with Crippen molar-refractivity contribution in [2.45, 2.75) is 33.3 Å². The Bertz CT molecular complexity index is 304. The number of hydrogen-bond acceptors (Lipinski definition) is 2. The molecule has 2 nitrogen and oxygen atoms in total. The summed E-state index contributed by atoms with van der Waals surface area (Å²) in [7, 11) is 0. The molecule has 1 aromatic rings. The summed E-state index contributed by atoms with van der Waals surface area (Å²) in [6, 6.07) is 9.87. The van der Waals surface area contributed by atoms with Gasteiger partial charge < -0.3 is 4.74 Å². The van der Waals surface area contributed by atoms with E-state index in [0.29, 0.717) is 12.3 Å². The lowest BCUT2D eigenvalue weighted by atomic mass is 9.99. The molecular formula is C13H18O2. The SMILES string of the molecule is CCC(=O)O[C@@H](c1ccccc1)C(C)C. The van der Waals surface area contributed by atoms with Crippen LogP contribution in [0, 0.1) is 5.92 Å². The van der Waals surface area contributed by atoms with Crippen LogP contribution in [0.5, 0.6) is 0 Å². The van der Waals surface area contributed by atoms with Crippen molar-refractivity contribution in [1.82, 2.24) is 0 Å². The van der Waals surface area contributed by atoms with E-state index in [1.165, 1.54) is 0 Å². The van der Waals surface area contributed by atoms with Crippen LogP contribution in [-0.2, 0) is 9.53 Å². The number of esters is 1. The van der Waals surface area contributed by atoms with E-state index in [2.05, 4.69) is 13.8 Å². The molecule has 0 bridgehead atoms. The number of rotatable bonds is 4. The molecule has 0 radical (unpaired) electrons. The molecule has 0 aliphatic carbocycles. The molecule has 0 fully saturated rings. The molecule has 0 unspecified atom stereocenters. The fourth-order valence-corrected chi connectivity index (χ4v) is 1.46. The first-order valence-corrected chi connectivity index (χ1v) is 5.39. The zero-order valence-corrected chi connectivity index (χ0v) is 9.57. The van der Waals surface area contributed by atoms with Gasteiger partial charge in [-0.25, -0.2) is 0 Å². The van der Waals surface area contributed by atoms with E-state index < -0.39 is 0 Å². The van der Waals surface area contributed by atoms with Crippen molar-refractivity contribution in [3.63, 3.8) is 0 Å². The molecule has 1 aromatic carbocycles. The van der Waals surface area contributed by atoms with Crippen molar-refractivity contribution in [1.29, 1.82) is 0 Å². The largest absolute Gasteiger partial charge is 0.457 e. The van der Waals surface area contributed by atoms with Gasteiger partial charge in [-0.1, -0.05) is 51.1 Å². The standard InChI is InChI=1S/C13H18O2/c1-4-12(14)15-13(10(2)3)11-8-6-5-7-9-11/h5-10,13H,4H2,1-3H3/t13-/m1/s1. The van der Waals surface area contributed by atoms with E-state index >= 15 is 0 Å². The predicted molar refractivity (Wildman–Crippen MR) is 60.4 cm³/mol. The van der Waals surface area contributed by atoms with Crippen molar-refractivity contribution < 1.29 is 9.53 Å². The van der Waals surface area contributed by atoms with Gasteiger partial charge in [0.1, 0.15) is 6.10 Å². The molecule has 15 heavy (non-hydrogen) atoms. The monoisotopic (exact) mass is 206 g/mol. The van der Waals surface area contributed by atoms with Crippen molar-refractivity contribution in [2.75, 3.05) is 0 Å². The second-order valence-electron chi connectivity index (χ2n) is 3.92. The summed E-state index contributed by atoms with van der Waals surface area (Å²) in [5.74, 6) is 0.153. The van der Waals surface area contributed by atoms with Gasteiger partial charge in [-0.05, 0) is 11.5 Å². The third-order valence-electron chi connectivity index (χ3n) is 2.28. The number of carbonyl (C=O) groups is 1. The Hall–Kier alpha value is -1.31. The second-order valence-corrected chi connectivity index (χ2v) is 3.92. The van der Waals surface area contributed by atoms with E-state index in [1.54, 1.807) is 0 Å². The molecule has 0 saturated carbocycles. The Balaban J connectivity index is 2.79. The maximum atomic E-state index is 11.3. The third kappa shape index (κ3) is 3.39. The zero-order valence-electron chi connectivity index (χ0n) is 9.57. The summed E-state index contributed by atoms with van der Waals surface area (Å²) in [6.07, 6.45) is 0.300. The summed E-state index contributed by atoms with van der Waals surface area (Å²) >= 11 is 0. The summed E-state index contributed by atoms with van der Waals surface area (Å²) < 4.78 is 5.41. The Morgan fingerprint density at radius 1 is 1.27 bits per heavy atom. The van der Waals surface area contributed by atoms with Gasteiger partial charge in [-0.15, -0.1) is 0 Å².